The number of aliphatic hydroxyl groups is 1. The fraction of sp³-hybridized carbons (Fsp3) is 0.957. The number of rotatable bonds is 26. The molecule has 0 saturated heterocycles. The van der Waals surface area contributed by atoms with E-state index in [1.54, 1.807) is 0 Å². The molecule has 0 aliphatic carbocycles. The zero-order chi connectivity index (χ0) is 28.2. The van der Waals surface area contributed by atoms with Gasteiger partial charge < -0.3 is 30.5 Å². The monoisotopic (exact) mass is 577 g/mol. The maximum absolute atomic E-state index is 12.7. The molecule has 0 spiro atoms. The molecule has 0 fully saturated rings. The Kier molecular flexibility index (Phi) is 21.2. The van der Waals surface area contributed by atoms with Crippen LogP contribution in [0.1, 0.15) is 104 Å². The van der Waals surface area contributed by atoms with Crippen molar-refractivity contribution in [3.63, 3.8) is 0 Å². The molecule has 222 valence electrons. The third-order valence-electron chi connectivity index (χ3n) is 5.72. The van der Waals surface area contributed by atoms with Crippen molar-refractivity contribution in [2.45, 2.75) is 122 Å². The lowest BCUT2D eigenvalue weighted by Crippen LogP contribution is -2.41. The molecule has 14 heteroatoms. The van der Waals surface area contributed by atoms with Gasteiger partial charge in [0.25, 0.3) is 0 Å². The smallest absolute Gasteiger partial charge is 0.480 e. The van der Waals surface area contributed by atoms with Crippen molar-refractivity contribution in [3.8, 4) is 0 Å². The second-order valence-electron chi connectivity index (χ2n) is 9.28. The SMILES string of the molecule is CCCCCCCCCCCCCCCCOC[C@H](CO)OP(=O)(O[C@H](C)[C@H](N)C(=O)O)OP(=O)(O)O. The topological polar surface area (TPSA) is 195 Å². The predicted molar refractivity (Wildman–Crippen MR) is 140 cm³/mol. The minimum absolute atomic E-state index is 0.244. The van der Waals surface area contributed by atoms with E-state index < -0.39 is 46.5 Å². The molecule has 0 amide bonds. The van der Waals surface area contributed by atoms with E-state index in [4.69, 9.17) is 34.4 Å². The van der Waals surface area contributed by atoms with E-state index in [1.165, 1.54) is 64.2 Å². The summed E-state index contributed by atoms with van der Waals surface area (Å²) in [7, 11) is -10.4. The highest BCUT2D eigenvalue weighted by Crippen LogP contribution is 2.62. The van der Waals surface area contributed by atoms with Crippen LogP contribution in [-0.2, 0) is 32.0 Å². The number of hydrogen-bond acceptors (Lipinski definition) is 9. The first-order valence-electron chi connectivity index (χ1n) is 13.3. The van der Waals surface area contributed by atoms with E-state index in [1.807, 2.05) is 0 Å². The summed E-state index contributed by atoms with van der Waals surface area (Å²) in [6.45, 7) is 2.75. The number of ether oxygens (including phenoxy) is 1. The molecular formula is C23H49NO11P2. The molecule has 6 N–H and O–H groups in total. The number of nitrogens with two attached hydrogens (primary N) is 1. The molecule has 0 aliphatic heterocycles. The van der Waals surface area contributed by atoms with E-state index in [2.05, 4.69) is 11.2 Å². The van der Waals surface area contributed by atoms with Crippen LogP contribution < -0.4 is 5.73 Å². The largest absolute Gasteiger partial charge is 0.484 e. The Balaban J connectivity index is 4.14. The van der Waals surface area contributed by atoms with Crippen LogP contribution in [0.25, 0.3) is 0 Å². The Morgan fingerprint density at radius 3 is 1.70 bits per heavy atom. The summed E-state index contributed by atoms with van der Waals surface area (Å²) < 4.78 is 43.4. The number of hydrogen-bond donors (Lipinski definition) is 5. The summed E-state index contributed by atoms with van der Waals surface area (Å²) in [5.74, 6) is -1.49. The van der Waals surface area contributed by atoms with E-state index in [-0.39, 0.29) is 6.61 Å². The zero-order valence-electron chi connectivity index (χ0n) is 22.4. The van der Waals surface area contributed by atoms with Crippen LogP contribution in [0.2, 0.25) is 0 Å². The van der Waals surface area contributed by atoms with Gasteiger partial charge in [-0.3, -0.25) is 13.8 Å². The highest BCUT2D eigenvalue weighted by atomic mass is 31.3. The summed E-state index contributed by atoms with van der Waals surface area (Å²) in [6, 6.07) is -1.67. The Morgan fingerprint density at radius 1 is 0.838 bits per heavy atom. The van der Waals surface area contributed by atoms with Crippen molar-refractivity contribution in [1.29, 1.82) is 0 Å². The highest BCUT2D eigenvalue weighted by molar-refractivity contribution is 7.61. The molecule has 4 atom stereocenters. The third kappa shape index (κ3) is 21.2. The van der Waals surface area contributed by atoms with Gasteiger partial charge in [0.2, 0.25) is 0 Å². The van der Waals surface area contributed by atoms with Gasteiger partial charge in [-0.25, -0.2) is 9.13 Å². The van der Waals surface area contributed by atoms with Crippen molar-refractivity contribution >= 4 is 21.6 Å². The van der Waals surface area contributed by atoms with Gasteiger partial charge in [-0.15, -0.1) is 0 Å². The van der Waals surface area contributed by atoms with Gasteiger partial charge >= 0.3 is 21.6 Å². The number of carboxylic acids is 1. The summed E-state index contributed by atoms with van der Waals surface area (Å²) in [4.78, 5) is 29.1. The van der Waals surface area contributed by atoms with Crippen molar-refractivity contribution < 1.29 is 52.0 Å². The molecular weight excluding hydrogens is 528 g/mol. The van der Waals surface area contributed by atoms with E-state index >= 15 is 0 Å². The molecule has 0 saturated carbocycles. The minimum atomic E-state index is -5.35. The Bertz CT molecular complexity index is 677. The first kappa shape index (κ1) is 36.6. The summed E-state index contributed by atoms with van der Waals surface area (Å²) in [5.41, 5.74) is 5.37. The van der Waals surface area contributed by atoms with Crippen molar-refractivity contribution in [2.75, 3.05) is 19.8 Å². The second kappa shape index (κ2) is 21.4. The number of carboxylic acid groups (broad SMARTS) is 1. The molecule has 0 aliphatic rings. The van der Waals surface area contributed by atoms with Crippen molar-refractivity contribution in [1.82, 2.24) is 0 Å². The van der Waals surface area contributed by atoms with Crippen LogP contribution in [0.15, 0.2) is 0 Å². The minimum Gasteiger partial charge on any atom is -0.480 e. The van der Waals surface area contributed by atoms with Gasteiger partial charge in [0.15, 0.2) is 0 Å². The van der Waals surface area contributed by atoms with Crippen LogP contribution >= 0.6 is 15.6 Å². The molecule has 0 aromatic heterocycles. The number of aliphatic hydroxyl groups excluding tert-OH is 1. The van der Waals surface area contributed by atoms with Gasteiger partial charge in [0.05, 0.1) is 19.3 Å². The Labute approximate surface area is 221 Å². The highest BCUT2D eigenvalue weighted by Gasteiger charge is 2.41. The van der Waals surface area contributed by atoms with E-state index in [0.717, 1.165) is 32.6 Å². The van der Waals surface area contributed by atoms with Crippen LogP contribution in [0.5, 0.6) is 0 Å². The molecule has 0 aromatic carbocycles. The maximum atomic E-state index is 12.7. The summed E-state index contributed by atoms with van der Waals surface area (Å²) in [6.07, 6.45) is 14.3. The lowest BCUT2D eigenvalue weighted by molar-refractivity contribution is -0.140. The zero-order valence-corrected chi connectivity index (χ0v) is 24.2. The lowest BCUT2D eigenvalue weighted by atomic mass is 10.0. The molecule has 0 rings (SSSR count). The van der Waals surface area contributed by atoms with Gasteiger partial charge in [0, 0.05) is 6.61 Å². The molecule has 1 unspecified atom stereocenters. The third-order valence-corrected chi connectivity index (χ3v) is 8.52. The first-order valence-corrected chi connectivity index (χ1v) is 16.3. The normalized spacial score (nSPS) is 16.3. The number of phosphoric acid groups is 2. The van der Waals surface area contributed by atoms with Crippen LogP contribution in [-0.4, -0.2) is 64.0 Å². The second-order valence-corrected chi connectivity index (χ2v) is 12.2. The molecule has 37 heavy (non-hydrogen) atoms. The van der Waals surface area contributed by atoms with Gasteiger partial charge in [-0.1, -0.05) is 90.4 Å². The lowest BCUT2D eigenvalue weighted by Gasteiger charge is -2.26. The van der Waals surface area contributed by atoms with Crippen LogP contribution in [0, 0.1) is 0 Å². The van der Waals surface area contributed by atoms with Crippen LogP contribution in [0.4, 0.5) is 0 Å². The standard InChI is InChI=1S/C23H49NO11P2/c1-3-4-5-6-7-8-9-10-11-12-13-14-15-16-17-32-19-21(18-25)34-37(31,35-36(28,29)30)33-20(2)22(24)23(26)27/h20-22,25H,3-19,24H2,1-2H3,(H,26,27)(H2,28,29,30)/t20-,21+,22+,37?/m1/s1. The summed E-state index contributed by atoms with van der Waals surface area (Å²) >= 11 is 0. The van der Waals surface area contributed by atoms with Crippen LogP contribution in [0.3, 0.4) is 0 Å². The van der Waals surface area contributed by atoms with Gasteiger partial charge in [-0.05, 0) is 13.3 Å². The molecule has 0 bridgehead atoms. The first-order chi connectivity index (χ1) is 17.4. The quantitative estimate of drug-likeness (QED) is 0.0690. The average molecular weight is 578 g/mol. The molecule has 0 heterocycles. The fourth-order valence-corrected chi connectivity index (χ4v) is 6.01. The Hall–Kier alpha value is -0.390. The molecule has 12 nitrogen and oxygen atoms in total. The van der Waals surface area contributed by atoms with Gasteiger partial charge in [-0.2, -0.15) is 4.31 Å². The maximum Gasteiger partial charge on any atom is 0.484 e. The number of carbonyl (C=O) groups is 1. The number of phosphoric ester groups is 1. The van der Waals surface area contributed by atoms with Gasteiger partial charge in [0.1, 0.15) is 12.1 Å². The van der Waals surface area contributed by atoms with E-state index in [9.17, 15) is 19.0 Å². The predicted octanol–water partition coefficient (Wildman–Crippen LogP) is 4.90. The molecule has 0 radical (unpaired) electrons. The Morgan fingerprint density at radius 2 is 1.30 bits per heavy atom. The molecule has 0 aromatic rings. The fourth-order valence-electron chi connectivity index (χ4n) is 3.58. The summed E-state index contributed by atoms with van der Waals surface area (Å²) in [5, 5.41) is 18.4. The van der Waals surface area contributed by atoms with Crippen molar-refractivity contribution in [2.24, 2.45) is 5.73 Å². The van der Waals surface area contributed by atoms with E-state index in [0.29, 0.717) is 6.61 Å². The number of unbranched alkanes of at least 4 members (excludes halogenated alkanes) is 13. The van der Waals surface area contributed by atoms with Crippen molar-refractivity contribution in [3.05, 3.63) is 0 Å². The number of aliphatic carboxylic acids is 1. The average Bonchev–Trinajstić information content (AvgIpc) is 2.81.